The predicted octanol–water partition coefficient (Wildman–Crippen LogP) is -1.08. The van der Waals surface area contributed by atoms with E-state index in [4.69, 9.17) is 0 Å². The maximum absolute atomic E-state index is 12.5. The monoisotopic (exact) mass is 609 g/mol. The van der Waals surface area contributed by atoms with Gasteiger partial charge in [0.25, 0.3) is 0 Å². The second-order valence-electron chi connectivity index (χ2n) is 9.26. The molecule has 0 spiro atoms. The summed E-state index contributed by atoms with van der Waals surface area (Å²) in [5, 5.41) is 27.8. The van der Waals surface area contributed by atoms with Crippen LogP contribution < -0.4 is 0 Å². The Morgan fingerprint density at radius 3 is 1.30 bits per heavy atom. The van der Waals surface area contributed by atoms with Crippen LogP contribution in [0.3, 0.4) is 0 Å². The van der Waals surface area contributed by atoms with Crippen molar-refractivity contribution in [1.82, 2.24) is 14.7 Å². The molecule has 2 unspecified atom stereocenters. The number of methoxy groups -OCH3 is 1. The molecule has 0 rings (SSSR count). The van der Waals surface area contributed by atoms with Crippen LogP contribution in [-0.2, 0) is 38.3 Å². The minimum Gasteiger partial charge on any atom is -0.480 e. The van der Waals surface area contributed by atoms with Crippen LogP contribution in [0.15, 0.2) is 0 Å². The van der Waals surface area contributed by atoms with Crippen molar-refractivity contribution in [3.05, 3.63) is 0 Å². The second kappa shape index (κ2) is 20.4. The fourth-order valence-electron chi connectivity index (χ4n) is 3.74. The lowest BCUT2D eigenvalue weighted by atomic mass is 10.0. The summed E-state index contributed by atoms with van der Waals surface area (Å²) < 4.78 is 4.63. The highest BCUT2D eigenvalue weighted by molar-refractivity contribution is 7.80. The highest BCUT2D eigenvalue weighted by Gasteiger charge is 2.24. The summed E-state index contributed by atoms with van der Waals surface area (Å²) in [5.41, 5.74) is 0. The van der Waals surface area contributed by atoms with Gasteiger partial charge in [-0.15, -0.1) is 0 Å². The van der Waals surface area contributed by atoms with Crippen LogP contribution in [0, 0.1) is 11.8 Å². The van der Waals surface area contributed by atoms with Crippen molar-refractivity contribution >= 4 is 66.5 Å². The van der Waals surface area contributed by atoms with Gasteiger partial charge in [-0.3, -0.25) is 48.3 Å². The number of carboxylic acid groups (broad SMARTS) is 3. The van der Waals surface area contributed by atoms with Crippen LogP contribution in [0.5, 0.6) is 0 Å². The van der Waals surface area contributed by atoms with Crippen LogP contribution in [0.2, 0.25) is 0 Å². The summed E-state index contributed by atoms with van der Waals surface area (Å²) in [5.74, 6) is -6.38. The van der Waals surface area contributed by atoms with Gasteiger partial charge in [0.05, 0.1) is 45.8 Å². The molecule has 3 N–H and O–H groups in total. The van der Waals surface area contributed by atoms with Gasteiger partial charge in [-0.25, -0.2) is 0 Å². The Morgan fingerprint density at radius 1 is 0.625 bits per heavy atom. The molecular weight excluding hydrogens is 570 g/mol. The molecule has 0 heterocycles. The van der Waals surface area contributed by atoms with Crippen LogP contribution in [0.25, 0.3) is 0 Å². The fourth-order valence-corrected chi connectivity index (χ4v) is 4.41. The zero-order chi connectivity index (χ0) is 30.8. The summed E-state index contributed by atoms with van der Waals surface area (Å²) >= 11 is 8.10. The molecule has 228 valence electrons. The van der Waals surface area contributed by atoms with Gasteiger partial charge in [0.1, 0.15) is 17.3 Å². The number of aliphatic carboxylic acids is 3. The Bertz CT molecular complexity index is 903. The molecule has 0 aromatic heterocycles. The molecule has 0 aliphatic heterocycles. The molecule has 16 heteroatoms. The van der Waals surface area contributed by atoms with Crippen molar-refractivity contribution in [3.8, 4) is 0 Å². The highest BCUT2D eigenvalue weighted by Crippen LogP contribution is 2.10. The van der Waals surface area contributed by atoms with E-state index >= 15 is 0 Å². The lowest BCUT2D eigenvalue weighted by Gasteiger charge is -2.28. The van der Waals surface area contributed by atoms with Gasteiger partial charge in [0.15, 0.2) is 0 Å². The predicted molar refractivity (Wildman–Crippen MR) is 149 cm³/mol. The third-order valence-electron chi connectivity index (χ3n) is 5.84. The normalized spacial score (nSPS) is 12.8. The Morgan fingerprint density at radius 2 is 0.975 bits per heavy atom. The number of ketones is 3. The molecule has 0 aromatic carbocycles. The topological polar surface area (TPSA) is 199 Å². The summed E-state index contributed by atoms with van der Waals surface area (Å²) in [4.78, 5) is 86.4. The first-order valence-electron chi connectivity index (χ1n) is 12.4. The van der Waals surface area contributed by atoms with E-state index in [0.29, 0.717) is 0 Å². The molecule has 0 aliphatic carbocycles. The number of esters is 1. The minimum absolute atomic E-state index is 0.00243. The number of thiol groups is 2. The van der Waals surface area contributed by atoms with Gasteiger partial charge >= 0.3 is 23.9 Å². The first kappa shape index (κ1) is 37.5. The Kier molecular flexibility index (Phi) is 19.1. The molecule has 0 fully saturated rings. The Hall–Kier alpha value is -2.53. The Balaban J connectivity index is 5.35. The Labute approximate surface area is 243 Å². The number of nitrogens with zero attached hydrogens (tertiary/aromatic N) is 3. The summed E-state index contributed by atoms with van der Waals surface area (Å²) in [6.07, 6.45) is -0.308. The zero-order valence-corrected chi connectivity index (χ0v) is 24.5. The molecule has 0 saturated carbocycles. The molecule has 40 heavy (non-hydrogen) atoms. The SMILES string of the molecule is COC(=O)C(CS)CC(=O)CN(CCN(CCN(CC(=O)O)CC(=O)CC(CS)C(C)=O)CC(=O)O)CC(=O)O. The smallest absolute Gasteiger partial charge is 0.317 e. The number of carboxylic acids is 3. The lowest BCUT2D eigenvalue weighted by Crippen LogP contribution is -2.45. The van der Waals surface area contributed by atoms with Crippen LogP contribution in [0.4, 0.5) is 0 Å². The highest BCUT2D eigenvalue weighted by atomic mass is 32.1. The number of carbonyl (C=O) groups is 7. The van der Waals surface area contributed by atoms with Crippen molar-refractivity contribution in [2.45, 2.75) is 19.8 Å². The number of ether oxygens (including phenoxy) is 1. The standard InChI is InChI=1S/C24H39N3O11S2/c1-16(28)17(14-39)7-19(29)9-26(12-22(33)34)5-3-25(11-21(31)32)4-6-27(13-23(35)36)10-20(30)8-18(15-40)24(37)38-2/h17-18,39-40H,3-15H2,1-2H3,(H,31,32)(H,33,34)(H,35,36). The largest absolute Gasteiger partial charge is 0.480 e. The van der Waals surface area contributed by atoms with E-state index in [0.717, 1.165) is 0 Å². The summed E-state index contributed by atoms with van der Waals surface area (Å²) in [6, 6.07) is 0. The first-order valence-corrected chi connectivity index (χ1v) is 13.6. The van der Waals surface area contributed by atoms with Crippen LogP contribution in [-0.4, -0.2) is 149 Å². The number of carbonyl (C=O) groups excluding carboxylic acids is 4. The van der Waals surface area contributed by atoms with Crippen molar-refractivity contribution in [3.63, 3.8) is 0 Å². The molecule has 0 aliphatic rings. The maximum Gasteiger partial charge on any atom is 0.317 e. The third-order valence-corrected chi connectivity index (χ3v) is 6.72. The molecule has 2 atom stereocenters. The van der Waals surface area contributed by atoms with Crippen molar-refractivity contribution < 1.29 is 53.6 Å². The number of rotatable bonds is 24. The first-order chi connectivity index (χ1) is 18.7. The lowest BCUT2D eigenvalue weighted by molar-refractivity contribution is -0.146. The van der Waals surface area contributed by atoms with Crippen molar-refractivity contribution in [1.29, 1.82) is 0 Å². The second-order valence-corrected chi connectivity index (χ2v) is 9.99. The number of hydrogen-bond donors (Lipinski definition) is 5. The molecule has 0 amide bonds. The minimum atomic E-state index is -1.22. The molecule has 14 nitrogen and oxygen atoms in total. The third kappa shape index (κ3) is 17.2. The molecule has 0 radical (unpaired) electrons. The van der Waals surface area contributed by atoms with E-state index in [1.807, 2.05) is 0 Å². The van der Waals surface area contributed by atoms with Gasteiger partial charge in [0, 0.05) is 56.4 Å². The van der Waals surface area contributed by atoms with E-state index in [2.05, 4.69) is 30.0 Å². The zero-order valence-electron chi connectivity index (χ0n) is 22.7. The average molecular weight is 610 g/mol. The number of hydrogen-bond acceptors (Lipinski definition) is 13. The van der Waals surface area contributed by atoms with Gasteiger partial charge in [-0.05, 0) is 6.92 Å². The van der Waals surface area contributed by atoms with Gasteiger partial charge in [0.2, 0.25) is 0 Å². The van der Waals surface area contributed by atoms with Gasteiger partial charge < -0.3 is 20.1 Å². The summed E-state index contributed by atoms with van der Waals surface area (Å²) in [7, 11) is 1.18. The van der Waals surface area contributed by atoms with Gasteiger partial charge in [-0.1, -0.05) is 0 Å². The van der Waals surface area contributed by atoms with Crippen molar-refractivity contribution in [2.75, 3.05) is 77.5 Å². The van der Waals surface area contributed by atoms with Crippen LogP contribution >= 0.6 is 25.3 Å². The average Bonchev–Trinajstić information content (AvgIpc) is 2.85. The fraction of sp³-hybridized carbons (Fsp3) is 0.708. The van der Waals surface area contributed by atoms with E-state index in [9.17, 15) is 48.9 Å². The maximum atomic E-state index is 12.5. The van der Waals surface area contributed by atoms with E-state index in [1.165, 1.54) is 28.7 Å². The molecule has 0 aromatic rings. The quantitative estimate of drug-likeness (QED) is 0.0654. The van der Waals surface area contributed by atoms with Crippen molar-refractivity contribution in [2.24, 2.45) is 11.8 Å². The molecular formula is C24H39N3O11S2. The molecule has 0 bridgehead atoms. The van der Waals surface area contributed by atoms with E-state index < -0.39 is 61.1 Å². The van der Waals surface area contributed by atoms with E-state index in [1.54, 1.807) is 0 Å². The number of Topliss-reactive ketones (excluding diaryl/α,β-unsaturated/α-hetero) is 3. The van der Waals surface area contributed by atoms with Gasteiger partial charge in [-0.2, -0.15) is 25.3 Å². The summed E-state index contributed by atoms with van der Waals surface area (Å²) in [6.45, 7) is -0.690. The molecule has 0 saturated heterocycles. The van der Waals surface area contributed by atoms with E-state index in [-0.39, 0.29) is 75.2 Å². The van der Waals surface area contributed by atoms with Crippen LogP contribution in [0.1, 0.15) is 19.8 Å².